The molecule has 6 heteroatoms. The van der Waals surface area contributed by atoms with Crippen LogP contribution in [0.25, 0.3) is 0 Å². The number of nitro groups is 1. The number of ether oxygens (including phenoxy) is 1. The molecule has 0 radical (unpaired) electrons. The number of piperidine rings is 1. The predicted octanol–water partition coefficient (Wildman–Crippen LogP) is 2.31. The number of rotatable bonds is 6. The van der Waals surface area contributed by atoms with Crippen molar-refractivity contribution in [2.75, 3.05) is 20.2 Å². The molecule has 0 saturated carbocycles. The van der Waals surface area contributed by atoms with Crippen LogP contribution >= 0.6 is 0 Å². The first-order valence-corrected chi connectivity index (χ1v) is 7.42. The summed E-state index contributed by atoms with van der Waals surface area (Å²) >= 11 is 0. The fraction of sp³-hybridized carbons (Fsp3) is 0.600. The lowest BCUT2D eigenvalue weighted by Gasteiger charge is -2.32. The van der Waals surface area contributed by atoms with Gasteiger partial charge in [0.15, 0.2) is 5.75 Å². The molecule has 21 heavy (non-hydrogen) atoms. The third-order valence-electron chi connectivity index (χ3n) is 4.09. The molecule has 0 aromatic heterocycles. The van der Waals surface area contributed by atoms with Crippen molar-refractivity contribution in [3.63, 3.8) is 0 Å². The number of nitrogens with two attached hydrogens (primary N) is 1. The normalized spacial score (nSPS) is 19.4. The highest BCUT2D eigenvalue weighted by molar-refractivity contribution is 5.48. The van der Waals surface area contributed by atoms with E-state index in [1.165, 1.54) is 25.3 Å². The molecule has 1 unspecified atom stereocenters. The zero-order valence-corrected chi connectivity index (χ0v) is 12.5. The molecule has 1 atom stereocenters. The van der Waals surface area contributed by atoms with Gasteiger partial charge in [0, 0.05) is 18.7 Å². The van der Waals surface area contributed by atoms with Gasteiger partial charge < -0.3 is 15.4 Å². The molecule has 6 nitrogen and oxygen atoms in total. The predicted molar refractivity (Wildman–Crippen MR) is 81.4 cm³/mol. The van der Waals surface area contributed by atoms with E-state index in [1.807, 2.05) is 0 Å². The van der Waals surface area contributed by atoms with E-state index in [0.29, 0.717) is 18.4 Å². The first-order valence-electron chi connectivity index (χ1n) is 7.42. The monoisotopic (exact) mass is 293 g/mol. The summed E-state index contributed by atoms with van der Waals surface area (Å²) in [5.41, 5.74) is 6.25. The van der Waals surface area contributed by atoms with Crippen molar-refractivity contribution in [3.8, 4) is 5.75 Å². The summed E-state index contributed by atoms with van der Waals surface area (Å²) < 4.78 is 5.64. The van der Waals surface area contributed by atoms with Crippen LogP contribution in [0.3, 0.4) is 0 Å². The van der Waals surface area contributed by atoms with Crippen LogP contribution in [0.4, 0.5) is 5.69 Å². The zero-order valence-electron chi connectivity index (χ0n) is 12.5. The molecule has 1 saturated heterocycles. The summed E-state index contributed by atoms with van der Waals surface area (Å²) in [6.45, 7) is 1.90. The summed E-state index contributed by atoms with van der Waals surface area (Å²) in [6, 6.07) is 5.42. The number of nitro benzene ring substituents is 1. The minimum Gasteiger partial charge on any atom is -0.487 e. The van der Waals surface area contributed by atoms with Gasteiger partial charge >= 0.3 is 5.69 Å². The molecule has 1 fully saturated rings. The van der Waals surface area contributed by atoms with Crippen LogP contribution in [0.5, 0.6) is 5.75 Å². The minimum absolute atomic E-state index is 0.00468. The maximum absolute atomic E-state index is 11.1. The Labute approximate surface area is 125 Å². The minimum atomic E-state index is -0.415. The lowest BCUT2D eigenvalue weighted by molar-refractivity contribution is -0.385. The molecule has 0 bridgehead atoms. The molecule has 2 N–H and O–H groups in total. The summed E-state index contributed by atoms with van der Waals surface area (Å²) in [5, 5.41) is 11.1. The molecule has 0 spiro atoms. The Balaban J connectivity index is 1.94. The molecule has 1 aliphatic heterocycles. The molecule has 1 heterocycles. The second-order valence-corrected chi connectivity index (χ2v) is 5.53. The van der Waals surface area contributed by atoms with Gasteiger partial charge in [0.05, 0.1) is 11.5 Å². The number of nitrogens with zero attached hydrogens (tertiary/aromatic N) is 2. The smallest absolute Gasteiger partial charge is 0.311 e. The topological polar surface area (TPSA) is 81.6 Å². The Morgan fingerprint density at radius 3 is 2.95 bits per heavy atom. The van der Waals surface area contributed by atoms with E-state index in [-0.39, 0.29) is 12.2 Å². The van der Waals surface area contributed by atoms with Crippen molar-refractivity contribution in [2.24, 2.45) is 5.73 Å². The van der Waals surface area contributed by atoms with Crippen LogP contribution in [-0.2, 0) is 6.54 Å². The highest BCUT2D eigenvalue weighted by atomic mass is 16.6. The van der Waals surface area contributed by atoms with E-state index in [9.17, 15) is 10.1 Å². The fourth-order valence-electron chi connectivity index (χ4n) is 2.77. The van der Waals surface area contributed by atoms with E-state index in [4.69, 9.17) is 10.5 Å². The van der Waals surface area contributed by atoms with Crippen LogP contribution < -0.4 is 10.5 Å². The molecule has 1 aromatic carbocycles. The quantitative estimate of drug-likeness (QED) is 0.643. The Hall–Kier alpha value is -1.66. The third-order valence-corrected chi connectivity index (χ3v) is 4.09. The Morgan fingerprint density at radius 2 is 2.29 bits per heavy atom. The Bertz CT molecular complexity index is 493. The number of benzene rings is 1. The van der Waals surface area contributed by atoms with Crippen LogP contribution in [0.1, 0.15) is 31.2 Å². The van der Waals surface area contributed by atoms with Gasteiger partial charge in [-0.25, -0.2) is 0 Å². The second kappa shape index (κ2) is 7.38. The maximum atomic E-state index is 11.1. The largest absolute Gasteiger partial charge is 0.487 e. The van der Waals surface area contributed by atoms with Gasteiger partial charge in [-0.2, -0.15) is 0 Å². The van der Waals surface area contributed by atoms with E-state index in [2.05, 4.69) is 11.9 Å². The fourth-order valence-corrected chi connectivity index (χ4v) is 2.77. The van der Waals surface area contributed by atoms with Gasteiger partial charge in [-0.3, -0.25) is 10.1 Å². The Morgan fingerprint density at radius 1 is 1.48 bits per heavy atom. The van der Waals surface area contributed by atoms with Crippen molar-refractivity contribution < 1.29 is 9.66 Å². The van der Waals surface area contributed by atoms with Crippen molar-refractivity contribution in [3.05, 3.63) is 33.9 Å². The molecular formula is C15H23N3O3. The van der Waals surface area contributed by atoms with Gasteiger partial charge in [-0.05, 0) is 44.5 Å². The van der Waals surface area contributed by atoms with Gasteiger partial charge in [0.2, 0.25) is 0 Å². The van der Waals surface area contributed by atoms with Crippen LogP contribution in [0.2, 0.25) is 0 Å². The molecule has 0 amide bonds. The van der Waals surface area contributed by atoms with Crippen LogP contribution in [-0.4, -0.2) is 36.1 Å². The van der Waals surface area contributed by atoms with E-state index in [0.717, 1.165) is 18.5 Å². The highest BCUT2D eigenvalue weighted by Gasteiger charge is 2.20. The van der Waals surface area contributed by atoms with Gasteiger partial charge in [-0.1, -0.05) is 12.5 Å². The zero-order chi connectivity index (χ0) is 15.2. The first-order chi connectivity index (χ1) is 10.1. The van der Waals surface area contributed by atoms with Gasteiger partial charge in [0.1, 0.15) is 0 Å². The van der Waals surface area contributed by atoms with Crippen LogP contribution in [0.15, 0.2) is 18.2 Å². The standard InChI is InChI=1S/C15H23N3O3/c1-17-8-3-2-4-13(17)7-9-21-15-6-5-12(11-16)10-14(15)18(19)20/h5-6,10,13H,2-4,7-9,11,16H2,1H3. The van der Waals surface area contributed by atoms with Crippen molar-refractivity contribution >= 4 is 5.69 Å². The maximum Gasteiger partial charge on any atom is 0.311 e. The first kappa shape index (κ1) is 15.7. The lowest BCUT2D eigenvalue weighted by Crippen LogP contribution is -2.37. The number of hydrogen-bond acceptors (Lipinski definition) is 5. The molecule has 116 valence electrons. The number of hydrogen-bond donors (Lipinski definition) is 1. The van der Waals surface area contributed by atoms with Gasteiger partial charge in [-0.15, -0.1) is 0 Å². The average Bonchev–Trinajstić information content (AvgIpc) is 2.49. The summed E-state index contributed by atoms with van der Waals surface area (Å²) in [7, 11) is 2.13. The summed E-state index contributed by atoms with van der Waals surface area (Å²) in [5.74, 6) is 0.329. The molecule has 2 rings (SSSR count). The summed E-state index contributed by atoms with van der Waals surface area (Å²) in [4.78, 5) is 13.0. The van der Waals surface area contributed by atoms with Crippen molar-refractivity contribution in [2.45, 2.75) is 38.3 Å². The SMILES string of the molecule is CN1CCCCC1CCOc1ccc(CN)cc1[N+](=O)[O-]. The number of likely N-dealkylation sites (tertiary alicyclic amines) is 1. The molecule has 1 aliphatic rings. The third kappa shape index (κ3) is 4.15. The molecule has 0 aliphatic carbocycles. The second-order valence-electron chi connectivity index (χ2n) is 5.53. The van der Waals surface area contributed by atoms with E-state index >= 15 is 0 Å². The highest BCUT2D eigenvalue weighted by Crippen LogP contribution is 2.28. The Kier molecular flexibility index (Phi) is 5.52. The van der Waals surface area contributed by atoms with Crippen molar-refractivity contribution in [1.29, 1.82) is 0 Å². The van der Waals surface area contributed by atoms with E-state index in [1.54, 1.807) is 12.1 Å². The van der Waals surface area contributed by atoms with E-state index < -0.39 is 4.92 Å². The van der Waals surface area contributed by atoms with Crippen molar-refractivity contribution in [1.82, 2.24) is 4.90 Å². The summed E-state index contributed by atoms with van der Waals surface area (Å²) in [6.07, 6.45) is 4.57. The molecular weight excluding hydrogens is 270 g/mol. The van der Waals surface area contributed by atoms with Crippen LogP contribution in [0, 0.1) is 10.1 Å². The van der Waals surface area contributed by atoms with Gasteiger partial charge in [0.25, 0.3) is 0 Å². The lowest BCUT2D eigenvalue weighted by atomic mass is 10.0. The molecule has 1 aromatic rings. The average molecular weight is 293 g/mol.